The van der Waals surface area contributed by atoms with Crippen LogP contribution in [0.25, 0.3) is 0 Å². The predicted octanol–water partition coefficient (Wildman–Crippen LogP) is 2.03. The number of nitriles is 1. The molecule has 4 heterocycles. The molecule has 3 aliphatic rings. The summed E-state index contributed by atoms with van der Waals surface area (Å²) in [6.07, 6.45) is 2.79. The summed E-state index contributed by atoms with van der Waals surface area (Å²) in [5.41, 5.74) is 2.21. The molecule has 1 amide bonds. The summed E-state index contributed by atoms with van der Waals surface area (Å²) in [4.78, 5) is 19.5. The maximum Gasteiger partial charge on any atom is 0.230 e. The molecule has 31 heavy (non-hydrogen) atoms. The average Bonchev–Trinajstić information content (AvgIpc) is 3.29. The van der Waals surface area contributed by atoms with E-state index in [9.17, 15) is 10.1 Å². The van der Waals surface area contributed by atoms with Crippen molar-refractivity contribution in [1.82, 2.24) is 10.3 Å². The number of anilines is 1. The van der Waals surface area contributed by atoms with E-state index in [1.54, 1.807) is 0 Å². The first-order valence-corrected chi connectivity index (χ1v) is 11.9. The van der Waals surface area contributed by atoms with Gasteiger partial charge in [0.25, 0.3) is 0 Å². The summed E-state index contributed by atoms with van der Waals surface area (Å²) >= 11 is 1.33. The maximum atomic E-state index is 12.4. The van der Waals surface area contributed by atoms with Crippen molar-refractivity contribution >= 4 is 23.5 Å². The number of hydrogen-bond acceptors (Lipinski definition) is 8. The number of fused-ring (bicyclic) bond motifs is 1. The highest BCUT2D eigenvalue weighted by Crippen LogP contribution is 2.38. The second kappa shape index (κ2) is 9.74. The van der Waals surface area contributed by atoms with E-state index in [2.05, 4.69) is 16.3 Å². The number of rotatable bonds is 6. The Morgan fingerprint density at radius 1 is 1.32 bits per heavy atom. The van der Waals surface area contributed by atoms with Crippen molar-refractivity contribution in [3.05, 3.63) is 16.7 Å². The maximum absolute atomic E-state index is 12.4. The number of pyridine rings is 1. The van der Waals surface area contributed by atoms with E-state index in [0.717, 1.165) is 49.5 Å². The second-order valence-corrected chi connectivity index (χ2v) is 9.70. The van der Waals surface area contributed by atoms with Gasteiger partial charge in [0.1, 0.15) is 16.9 Å². The Morgan fingerprint density at radius 2 is 2.13 bits per heavy atom. The molecule has 0 aliphatic carbocycles. The van der Waals surface area contributed by atoms with Crippen LogP contribution in [0.2, 0.25) is 0 Å². The van der Waals surface area contributed by atoms with E-state index in [1.807, 2.05) is 13.8 Å². The molecular formula is C22H30N4O4S. The van der Waals surface area contributed by atoms with E-state index in [0.29, 0.717) is 43.4 Å². The van der Waals surface area contributed by atoms with Gasteiger partial charge in [-0.3, -0.25) is 4.79 Å². The molecule has 1 N–H and O–H groups in total. The van der Waals surface area contributed by atoms with Gasteiger partial charge in [0, 0.05) is 38.2 Å². The van der Waals surface area contributed by atoms with Crippen molar-refractivity contribution in [2.45, 2.75) is 56.4 Å². The molecule has 4 rings (SSSR count). The normalized spacial score (nSPS) is 22.6. The van der Waals surface area contributed by atoms with E-state index < -0.39 is 0 Å². The van der Waals surface area contributed by atoms with Crippen LogP contribution in [0.5, 0.6) is 0 Å². The van der Waals surface area contributed by atoms with Crippen LogP contribution in [0, 0.1) is 11.3 Å². The van der Waals surface area contributed by atoms with E-state index >= 15 is 0 Å². The average molecular weight is 447 g/mol. The van der Waals surface area contributed by atoms with Crippen molar-refractivity contribution in [2.24, 2.45) is 0 Å². The van der Waals surface area contributed by atoms with Gasteiger partial charge in [-0.1, -0.05) is 11.8 Å². The summed E-state index contributed by atoms with van der Waals surface area (Å²) in [7, 11) is 0. The Kier molecular flexibility index (Phi) is 7.02. The SMILES string of the molecule is CC1(C)Cc2c(C#N)c(SCC(=O)NC[C@H]3CCCO3)nc(N3CCOCC3)c2CO1. The molecule has 3 aliphatic heterocycles. The van der Waals surface area contributed by atoms with Crippen LogP contribution in [-0.4, -0.2) is 67.8 Å². The van der Waals surface area contributed by atoms with E-state index in [1.165, 1.54) is 11.8 Å². The van der Waals surface area contributed by atoms with E-state index in [4.69, 9.17) is 19.2 Å². The number of morpholine rings is 1. The first-order valence-electron chi connectivity index (χ1n) is 10.9. The number of ether oxygens (including phenoxy) is 3. The lowest BCUT2D eigenvalue weighted by Gasteiger charge is -2.36. The smallest absolute Gasteiger partial charge is 0.230 e. The summed E-state index contributed by atoms with van der Waals surface area (Å²) in [6, 6.07) is 2.36. The van der Waals surface area contributed by atoms with Crippen LogP contribution in [0.3, 0.4) is 0 Å². The van der Waals surface area contributed by atoms with Crippen molar-refractivity contribution in [3.8, 4) is 6.07 Å². The van der Waals surface area contributed by atoms with Gasteiger partial charge < -0.3 is 24.4 Å². The largest absolute Gasteiger partial charge is 0.378 e. The fourth-order valence-electron chi connectivity index (χ4n) is 4.20. The molecular weight excluding hydrogens is 416 g/mol. The third-order valence-corrected chi connectivity index (χ3v) is 6.86. The van der Waals surface area contributed by atoms with Gasteiger partial charge in [0.15, 0.2) is 0 Å². The van der Waals surface area contributed by atoms with Gasteiger partial charge >= 0.3 is 0 Å². The van der Waals surface area contributed by atoms with Gasteiger partial charge in [0.05, 0.1) is 42.8 Å². The highest BCUT2D eigenvalue weighted by molar-refractivity contribution is 8.00. The molecule has 1 aromatic rings. The quantitative estimate of drug-likeness (QED) is 0.663. The Hall–Kier alpha value is -1.86. The minimum atomic E-state index is -0.344. The predicted molar refractivity (Wildman–Crippen MR) is 117 cm³/mol. The summed E-state index contributed by atoms with van der Waals surface area (Å²) < 4.78 is 17.1. The van der Waals surface area contributed by atoms with Crippen LogP contribution in [0.15, 0.2) is 5.03 Å². The standard InChI is InChI=1S/C22H30N4O4S/c1-22(2)10-16-17(11-23)21(31-14-19(27)24-12-15-4-3-7-29-15)25-20(18(16)13-30-22)26-5-8-28-9-6-26/h15H,3-10,12-14H2,1-2H3,(H,24,27)/t15-/m1/s1. The summed E-state index contributed by atoms with van der Waals surface area (Å²) in [6.45, 7) is 8.62. The molecule has 2 saturated heterocycles. The zero-order valence-electron chi connectivity index (χ0n) is 18.2. The number of hydrogen-bond donors (Lipinski definition) is 1. The Bertz CT molecular complexity index is 858. The molecule has 1 aromatic heterocycles. The van der Waals surface area contributed by atoms with Crippen molar-refractivity contribution in [3.63, 3.8) is 0 Å². The molecule has 0 bridgehead atoms. The van der Waals surface area contributed by atoms with Crippen LogP contribution in [-0.2, 0) is 32.0 Å². The lowest BCUT2D eigenvalue weighted by Crippen LogP contribution is -2.40. The number of nitrogens with one attached hydrogen (secondary N) is 1. The molecule has 8 nitrogen and oxygen atoms in total. The summed E-state index contributed by atoms with van der Waals surface area (Å²) in [5.74, 6) is 1.01. The third-order valence-electron chi connectivity index (χ3n) is 5.88. The minimum absolute atomic E-state index is 0.0690. The van der Waals surface area contributed by atoms with Crippen LogP contribution in [0.4, 0.5) is 5.82 Å². The lowest BCUT2D eigenvalue weighted by atomic mass is 9.89. The fraction of sp³-hybridized carbons (Fsp3) is 0.682. The molecule has 9 heteroatoms. The number of carbonyl (C=O) groups excluding carboxylic acids is 1. The van der Waals surface area contributed by atoms with E-state index in [-0.39, 0.29) is 23.4 Å². The first kappa shape index (κ1) is 22.3. The molecule has 0 saturated carbocycles. The van der Waals surface area contributed by atoms with Crippen LogP contribution in [0.1, 0.15) is 43.4 Å². The fourth-order valence-corrected chi connectivity index (χ4v) is 5.03. The van der Waals surface area contributed by atoms with Gasteiger partial charge in [0.2, 0.25) is 5.91 Å². The zero-order valence-corrected chi connectivity index (χ0v) is 19.1. The molecule has 0 radical (unpaired) electrons. The van der Waals surface area contributed by atoms with Crippen LogP contribution >= 0.6 is 11.8 Å². The molecule has 0 spiro atoms. The van der Waals surface area contributed by atoms with Crippen LogP contribution < -0.4 is 10.2 Å². The Morgan fingerprint density at radius 3 is 2.84 bits per heavy atom. The van der Waals surface area contributed by atoms with Gasteiger partial charge in [-0.2, -0.15) is 5.26 Å². The Labute approximate surface area is 187 Å². The van der Waals surface area contributed by atoms with Crippen molar-refractivity contribution in [2.75, 3.05) is 50.1 Å². The summed E-state index contributed by atoms with van der Waals surface area (Å²) in [5, 5.41) is 13.5. The Balaban J connectivity index is 1.55. The minimum Gasteiger partial charge on any atom is -0.378 e. The molecule has 1 atom stereocenters. The molecule has 168 valence electrons. The number of aromatic nitrogens is 1. The van der Waals surface area contributed by atoms with Gasteiger partial charge in [-0.15, -0.1) is 0 Å². The number of nitrogens with zero attached hydrogens (tertiary/aromatic N) is 3. The van der Waals surface area contributed by atoms with Crippen molar-refractivity contribution < 1.29 is 19.0 Å². The molecule has 2 fully saturated rings. The second-order valence-electron chi connectivity index (χ2n) is 8.74. The number of carbonyl (C=O) groups is 1. The number of amides is 1. The topological polar surface area (TPSA) is 96.7 Å². The highest BCUT2D eigenvalue weighted by atomic mass is 32.2. The first-order chi connectivity index (χ1) is 15.0. The third kappa shape index (κ3) is 5.32. The number of thioether (sulfide) groups is 1. The molecule has 0 aromatic carbocycles. The van der Waals surface area contributed by atoms with Gasteiger partial charge in [-0.25, -0.2) is 4.98 Å². The highest BCUT2D eigenvalue weighted by Gasteiger charge is 2.33. The zero-order chi connectivity index (χ0) is 21.8. The van der Waals surface area contributed by atoms with Gasteiger partial charge in [-0.05, 0) is 32.3 Å². The molecule has 0 unspecified atom stereocenters. The monoisotopic (exact) mass is 446 g/mol. The lowest BCUT2D eigenvalue weighted by molar-refractivity contribution is -0.119. The van der Waals surface area contributed by atoms with Crippen molar-refractivity contribution in [1.29, 1.82) is 5.26 Å².